The molecule has 98 valence electrons. The fourth-order valence-corrected chi connectivity index (χ4v) is 2.94. The summed E-state index contributed by atoms with van der Waals surface area (Å²) < 4.78 is 0. The summed E-state index contributed by atoms with van der Waals surface area (Å²) >= 11 is 0. The molecule has 0 heterocycles. The zero-order valence-corrected chi connectivity index (χ0v) is 11.5. The number of hydrogen-bond donors (Lipinski definition) is 1. The predicted molar refractivity (Wildman–Crippen MR) is 81.1 cm³/mol. The van der Waals surface area contributed by atoms with E-state index in [1.807, 2.05) is 0 Å². The molecule has 0 saturated heterocycles. The molecule has 0 radical (unpaired) electrons. The molecule has 1 aliphatic rings. The summed E-state index contributed by atoms with van der Waals surface area (Å²) in [4.78, 5) is 0. The second kappa shape index (κ2) is 5.18. The Labute approximate surface area is 115 Å². The molecule has 0 amide bonds. The summed E-state index contributed by atoms with van der Waals surface area (Å²) in [6.07, 6.45) is 4.04. The van der Waals surface area contributed by atoms with Crippen molar-refractivity contribution in [1.82, 2.24) is 0 Å². The quantitative estimate of drug-likeness (QED) is 0.860. The van der Waals surface area contributed by atoms with Gasteiger partial charge in [-0.25, -0.2) is 0 Å². The van der Waals surface area contributed by atoms with Crippen LogP contribution in [0.1, 0.15) is 41.9 Å². The van der Waals surface area contributed by atoms with Crippen LogP contribution in [0.4, 0.5) is 0 Å². The molecule has 1 saturated carbocycles. The van der Waals surface area contributed by atoms with E-state index in [2.05, 4.69) is 49.4 Å². The van der Waals surface area contributed by atoms with Gasteiger partial charge in [0, 0.05) is 6.54 Å². The summed E-state index contributed by atoms with van der Waals surface area (Å²) in [5.41, 5.74) is 12.7. The molecule has 2 aromatic carbocycles. The Hall–Kier alpha value is -1.60. The van der Waals surface area contributed by atoms with E-state index in [0.29, 0.717) is 6.54 Å². The van der Waals surface area contributed by atoms with Gasteiger partial charge in [-0.1, -0.05) is 54.4 Å². The smallest absolute Gasteiger partial charge is 0.0184 e. The van der Waals surface area contributed by atoms with Gasteiger partial charge in [0.05, 0.1) is 0 Å². The zero-order chi connectivity index (χ0) is 13.2. The Balaban J connectivity index is 2.13. The lowest BCUT2D eigenvalue weighted by atomic mass is 9.76. The first-order valence-corrected chi connectivity index (χ1v) is 7.18. The van der Waals surface area contributed by atoms with E-state index in [1.165, 1.54) is 47.1 Å². The van der Waals surface area contributed by atoms with E-state index >= 15 is 0 Å². The number of benzene rings is 2. The minimum Gasteiger partial charge on any atom is -0.326 e. The SMILES string of the molecule is Cc1ccc(CN)c(-c2ccccc2C2CCC2)c1. The standard InChI is InChI=1S/C18H21N/c1-13-9-10-15(12-19)18(11-13)17-8-3-2-7-16(17)14-5-4-6-14/h2-3,7-11,14H,4-6,12,19H2,1H3. The molecule has 0 spiro atoms. The molecule has 2 aromatic rings. The minimum absolute atomic E-state index is 0.606. The Morgan fingerprint density at radius 2 is 1.84 bits per heavy atom. The molecule has 0 bridgehead atoms. The summed E-state index contributed by atoms with van der Waals surface area (Å²) in [5.74, 6) is 0.752. The van der Waals surface area contributed by atoms with Crippen LogP contribution in [0.25, 0.3) is 11.1 Å². The fourth-order valence-electron chi connectivity index (χ4n) is 2.94. The molecule has 0 unspecified atom stereocenters. The minimum atomic E-state index is 0.606. The normalized spacial score (nSPS) is 15.3. The van der Waals surface area contributed by atoms with Crippen LogP contribution < -0.4 is 5.73 Å². The van der Waals surface area contributed by atoms with Crippen LogP contribution in [0.3, 0.4) is 0 Å². The largest absolute Gasteiger partial charge is 0.326 e. The maximum Gasteiger partial charge on any atom is 0.0184 e. The third-order valence-electron chi connectivity index (χ3n) is 4.28. The topological polar surface area (TPSA) is 26.0 Å². The first kappa shape index (κ1) is 12.4. The van der Waals surface area contributed by atoms with Crippen molar-refractivity contribution < 1.29 is 0 Å². The molecule has 1 heteroatoms. The molecule has 0 atom stereocenters. The van der Waals surface area contributed by atoms with Gasteiger partial charge in [0.25, 0.3) is 0 Å². The number of rotatable bonds is 3. The van der Waals surface area contributed by atoms with Gasteiger partial charge in [-0.3, -0.25) is 0 Å². The predicted octanol–water partition coefficient (Wildman–Crippen LogP) is 4.39. The van der Waals surface area contributed by atoms with E-state index in [-0.39, 0.29) is 0 Å². The summed E-state index contributed by atoms with van der Waals surface area (Å²) in [7, 11) is 0. The van der Waals surface area contributed by atoms with Crippen molar-refractivity contribution in [2.75, 3.05) is 0 Å². The van der Waals surface area contributed by atoms with Gasteiger partial charge >= 0.3 is 0 Å². The van der Waals surface area contributed by atoms with Gasteiger partial charge in [-0.05, 0) is 47.9 Å². The van der Waals surface area contributed by atoms with Crippen LogP contribution in [-0.2, 0) is 6.54 Å². The van der Waals surface area contributed by atoms with Gasteiger partial charge in [0.1, 0.15) is 0 Å². The average Bonchev–Trinajstić information content (AvgIpc) is 2.37. The van der Waals surface area contributed by atoms with Gasteiger partial charge in [-0.2, -0.15) is 0 Å². The maximum absolute atomic E-state index is 5.91. The summed E-state index contributed by atoms with van der Waals surface area (Å²) in [6.45, 7) is 2.75. The van der Waals surface area contributed by atoms with Gasteiger partial charge < -0.3 is 5.73 Å². The number of nitrogens with two attached hydrogens (primary N) is 1. The van der Waals surface area contributed by atoms with E-state index in [1.54, 1.807) is 0 Å². The average molecular weight is 251 g/mol. The lowest BCUT2D eigenvalue weighted by Crippen LogP contribution is -2.10. The highest BCUT2D eigenvalue weighted by atomic mass is 14.5. The third kappa shape index (κ3) is 2.31. The maximum atomic E-state index is 5.91. The molecule has 0 aliphatic heterocycles. The van der Waals surface area contributed by atoms with Crippen molar-refractivity contribution in [2.45, 2.75) is 38.6 Å². The fraction of sp³-hybridized carbons (Fsp3) is 0.333. The van der Waals surface area contributed by atoms with E-state index in [9.17, 15) is 0 Å². The molecular formula is C18H21N. The summed E-state index contributed by atoms with van der Waals surface area (Å²) in [6, 6.07) is 15.4. The van der Waals surface area contributed by atoms with Gasteiger partial charge in [-0.15, -0.1) is 0 Å². The monoisotopic (exact) mass is 251 g/mol. The molecule has 1 aliphatic carbocycles. The van der Waals surface area contributed by atoms with Crippen molar-refractivity contribution in [3.63, 3.8) is 0 Å². The number of hydrogen-bond acceptors (Lipinski definition) is 1. The lowest BCUT2D eigenvalue weighted by Gasteiger charge is -2.28. The molecule has 19 heavy (non-hydrogen) atoms. The molecule has 2 N–H and O–H groups in total. The Bertz CT molecular complexity index is 582. The van der Waals surface area contributed by atoms with Crippen molar-refractivity contribution >= 4 is 0 Å². The third-order valence-corrected chi connectivity index (χ3v) is 4.28. The molecule has 3 rings (SSSR count). The van der Waals surface area contributed by atoms with Crippen molar-refractivity contribution in [1.29, 1.82) is 0 Å². The Morgan fingerprint density at radius 3 is 2.53 bits per heavy atom. The zero-order valence-electron chi connectivity index (χ0n) is 11.5. The first-order chi connectivity index (χ1) is 9.29. The second-order valence-corrected chi connectivity index (χ2v) is 5.58. The van der Waals surface area contributed by atoms with Crippen LogP contribution >= 0.6 is 0 Å². The van der Waals surface area contributed by atoms with E-state index < -0.39 is 0 Å². The second-order valence-electron chi connectivity index (χ2n) is 5.58. The van der Waals surface area contributed by atoms with Gasteiger partial charge in [0.2, 0.25) is 0 Å². The first-order valence-electron chi connectivity index (χ1n) is 7.18. The Morgan fingerprint density at radius 1 is 1.05 bits per heavy atom. The van der Waals surface area contributed by atoms with Gasteiger partial charge in [0.15, 0.2) is 0 Å². The Kier molecular flexibility index (Phi) is 3.39. The van der Waals surface area contributed by atoms with Crippen molar-refractivity contribution in [2.24, 2.45) is 5.73 Å². The van der Waals surface area contributed by atoms with Crippen LogP contribution in [0, 0.1) is 6.92 Å². The van der Waals surface area contributed by atoms with E-state index in [0.717, 1.165) is 5.92 Å². The van der Waals surface area contributed by atoms with Crippen LogP contribution in [-0.4, -0.2) is 0 Å². The molecule has 1 fully saturated rings. The molecular weight excluding hydrogens is 230 g/mol. The highest BCUT2D eigenvalue weighted by molar-refractivity contribution is 5.72. The van der Waals surface area contributed by atoms with E-state index in [4.69, 9.17) is 5.73 Å². The van der Waals surface area contributed by atoms with Crippen LogP contribution in [0.2, 0.25) is 0 Å². The highest BCUT2D eigenvalue weighted by Crippen LogP contribution is 2.41. The molecule has 1 nitrogen and oxygen atoms in total. The number of aryl methyl sites for hydroxylation is 1. The highest BCUT2D eigenvalue weighted by Gasteiger charge is 2.22. The molecule has 0 aromatic heterocycles. The van der Waals surface area contributed by atoms with Crippen LogP contribution in [0.5, 0.6) is 0 Å². The van der Waals surface area contributed by atoms with Crippen molar-refractivity contribution in [3.8, 4) is 11.1 Å². The van der Waals surface area contributed by atoms with Crippen LogP contribution in [0.15, 0.2) is 42.5 Å². The lowest BCUT2D eigenvalue weighted by molar-refractivity contribution is 0.420. The van der Waals surface area contributed by atoms with Crippen molar-refractivity contribution in [3.05, 3.63) is 59.2 Å². The summed E-state index contributed by atoms with van der Waals surface area (Å²) in [5, 5.41) is 0.